The average Bonchev–Trinajstić information content (AvgIpc) is 1.96. The molecule has 2 unspecified atom stereocenters. The molecule has 3 nitrogen and oxygen atoms in total. The number of hydrogen-bond acceptors (Lipinski definition) is 3. The van der Waals surface area contributed by atoms with Gasteiger partial charge in [0.15, 0.2) is 0 Å². The van der Waals surface area contributed by atoms with Crippen LogP contribution in [0.4, 0.5) is 0 Å². The van der Waals surface area contributed by atoms with Gasteiger partial charge in [0.2, 0.25) is 6.29 Å². The fourth-order valence-corrected chi connectivity index (χ4v) is 1.75. The molecule has 0 aliphatic heterocycles. The third kappa shape index (κ3) is 8.19. The number of ether oxygens (including phenoxy) is 1. The predicted molar refractivity (Wildman–Crippen MR) is 69.4 cm³/mol. The highest BCUT2D eigenvalue weighted by Crippen LogP contribution is 2.27. The van der Waals surface area contributed by atoms with Gasteiger partial charge in [-0.25, -0.2) is 0 Å². The largest absolute Gasteiger partial charge is 0.435 e. The molecule has 0 aromatic heterocycles. The normalized spacial score (nSPS) is 16.5. The van der Waals surface area contributed by atoms with E-state index in [0.717, 1.165) is 6.42 Å². The maximum absolute atomic E-state index is 11.6. The number of hydrogen-bond donors (Lipinski definition) is 1. The van der Waals surface area contributed by atoms with Gasteiger partial charge in [0.25, 0.3) is 0 Å². The van der Waals surface area contributed by atoms with Gasteiger partial charge in [-0.3, -0.25) is 4.79 Å². The van der Waals surface area contributed by atoms with E-state index in [9.17, 15) is 9.90 Å². The van der Waals surface area contributed by atoms with Crippen LogP contribution in [0, 0.1) is 16.7 Å². The van der Waals surface area contributed by atoms with E-state index in [0.29, 0.717) is 6.42 Å². The second-order valence-corrected chi connectivity index (χ2v) is 7.28. The Morgan fingerprint density at radius 1 is 1.18 bits per heavy atom. The Labute approximate surface area is 106 Å². The van der Waals surface area contributed by atoms with Crippen molar-refractivity contribution in [3.8, 4) is 0 Å². The third-order valence-electron chi connectivity index (χ3n) is 2.46. The summed E-state index contributed by atoms with van der Waals surface area (Å²) in [6.45, 7) is 14.0. The summed E-state index contributed by atoms with van der Waals surface area (Å²) in [4.78, 5) is 11.6. The van der Waals surface area contributed by atoms with Gasteiger partial charge in [-0.1, -0.05) is 48.5 Å². The van der Waals surface area contributed by atoms with Crippen molar-refractivity contribution < 1.29 is 14.6 Å². The van der Waals surface area contributed by atoms with Crippen molar-refractivity contribution in [3.05, 3.63) is 0 Å². The topological polar surface area (TPSA) is 46.5 Å². The van der Waals surface area contributed by atoms with Crippen LogP contribution in [-0.4, -0.2) is 17.4 Å². The van der Waals surface area contributed by atoms with Crippen molar-refractivity contribution in [1.82, 2.24) is 0 Å². The molecule has 0 fully saturated rings. The first-order valence-electron chi connectivity index (χ1n) is 6.29. The molecule has 0 aliphatic rings. The summed E-state index contributed by atoms with van der Waals surface area (Å²) in [5, 5.41) is 9.66. The smallest absolute Gasteiger partial charge is 0.308 e. The van der Waals surface area contributed by atoms with Crippen molar-refractivity contribution in [2.75, 3.05) is 0 Å². The Morgan fingerprint density at radius 3 is 2.00 bits per heavy atom. The number of aliphatic hydroxyl groups excluding tert-OH is 1. The summed E-state index contributed by atoms with van der Waals surface area (Å²) in [5.74, 6) is -0.0427. The molecule has 0 radical (unpaired) electrons. The van der Waals surface area contributed by atoms with E-state index in [1.54, 1.807) is 0 Å². The second-order valence-electron chi connectivity index (χ2n) is 7.28. The molecule has 1 N–H and O–H groups in total. The molecule has 0 spiro atoms. The number of rotatable bonds is 4. The van der Waals surface area contributed by atoms with Gasteiger partial charge in [-0.2, -0.15) is 0 Å². The molecule has 0 aliphatic carbocycles. The predicted octanol–water partition coefficient (Wildman–Crippen LogP) is 3.36. The lowest BCUT2D eigenvalue weighted by Crippen LogP contribution is -2.31. The van der Waals surface area contributed by atoms with E-state index in [-0.39, 0.29) is 17.3 Å². The van der Waals surface area contributed by atoms with Gasteiger partial charge >= 0.3 is 5.97 Å². The molecule has 0 saturated heterocycles. The lowest BCUT2D eigenvalue weighted by molar-refractivity contribution is -0.187. The van der Waals surface area contributed by atoms with Crippen molar-refractivity contribution in [3.63, 3.8) is 0 Å². The van der Waals surface area contributed by atoms with E-state index >= 15 is 0 Å². The van der Waals surface area contributed by atoms with E-state index < -0.39 is 11.7 Å². The number of aliphatic hydroxyl groups is 1. The molecular weight excluding hydrogens is 216 g/mol. The maximum Gasteiger partial charge on any atom is 0.308 e. The van der Waals surface area contributed by atoms with Gasteiger partial charge in [-0.15, -0.1) is 0 Å². The highest BCUT2D eigenvalue weighted by atomic mass is 16.6. The second kappa shape index (κ2) is 5.85. The quantitative estimate of drug-likeness (QED) is 0.609. The van der Waals surface area contributed by atoms with Crippen molar-refractivity contribution in [1.29, 1.82) is 0 Å². The molecule has 0 bridgehead atoms. The Bertz CT molecular complexity index is 245. The standard InChI is InChI=1S/C14H28O3/c1-10(9-13(2,3)4)8-11(15)17-12(16)14(5,6)7/h10,12,16H,8-9H2,1-7H3. The lowest BCUT2D eigenvalue weighted by Gasteiger charge is -2.27. The van der Waals surface area contributed by atoms with Crippen molar-refractivity contribution in [2.24, 2.45) is 16.7 Å². The van der Waals surface area contributed by atoms with E-state index in [1.165, 1.54) is 0 Å². The molecule has 102 valence electrons. The summed E-state index contributed by atoms with van der Waals surface area (Å²) in [7, 11) is 0. The minimum Gasteiger partial charge on any atom is -0.435 e. The van der Waals surface area contributed by atoms with Gasteiger partial charge < -0.3 is 9.84 Å². The number of carbonyl (C=O) groups excluding carboxylic acids is 1. The summed E-state index contributed by atoms with van der Waals surface area (Å²) < 4.78 is 5.02. The Morgan fingerprint density at radius 2 is 1.65 bits per heavy atom. The van der Waals surface area contributed by atoms with Crippen LogP contribution >= 0.6 is 0 Å². The molecular formula is C14H28O3. The molecule has 17 heavy (non-hydrogen) atoms. The maximum atomic E-state index is 11.6. The zero-order valence-corrected chi connectivity index (χ0v) is 12.3. The first-order valence-corrected chi connectivity index (χ1v) is 6.29. The zero-order valence-electron chi connectivity index (χ0n) is 12.3. The first kappa shape index (κ1) is 16.4. The fraction of sp³-hybridized carbons (Fsp3) is 0.929. The summed E-state index contributed by atoms with van der Waals surface area (Å²) in [6.07, 6.45) is 0.301. The summed E-state index contributed by atoms with van der Waals surface area (Å²) in [6, 6.07) is 0. The molecule has 0 amide bonds. The molecule has 2 atom stereocenters. The van der Waals surface area contributed by atoms with Crippen LogP contribution in [0.3, 0.4) is 0 Å². The molecule has 0 aromatic carbocycles. The monoisotopic (exact) mass is 244 g/mol. The molecule has 0 heterocycles. The van der Waals surface area contributed by atoms with Crippen LogP contribution in [0.2, 0.25) is 0 Å². The Kier molecular flexibility index (Phi) is 5.66. The number of carbonyl (C=O) groups is 1. The van der Waals surface area contributed by atoms with Crippen molar-refractivity contribution >= 4 is 5.97 Å². The van der Waals surface area contributed by atoms with E-state index in [1.807, 2.05) is 27.7 Å². The Balaban J connectivity index is 4.11. The first-order chi connectivity index (χ1) is 7.42. The van der Waals surface area contributed by atoms with E-state index in [4.69, 9.17) is 4.74 Å². The minimum atomic E-state index is -1.03. The van der Waals surface area contributed by atoms with Gasteiger partial charge in [0.1, 0.15) is 0 Å². The minimum absolute atomic E-state index is 0.211. The summed E-state index contributed by atoms with van der Waals surface area (Å²) in [5.41, 5.74) is -0.217. The Hall–Kier alpha value is -0.570. The molecule has 3 heteroatoms. The fourth-order valence-electron chi connectivity index (χ4n) is 1.75. The molecule has 0 saturated carbocycles. The highest BCUT2D eigenvalue weighted by Gasteiger charge is 2.27. The van der Waals surface area contributed by atoms with Crippen LogP contribution < -0.4 is 0 Å². The van der Waals surface area contributed by atoms with Crippen LogP contribution in [-0.2, 0) is 9.53 Å². The van der Waals surface area contributed by atoms with E-state index in [2.05, 4.69) is 20.8 Å². The average molecular weight is 244 g/mol. The van der Waals surface area contributed by atoms with Crippen LogP contribution in [0.15, 0.2) is 0 Å². The SMILES string of the molecule is CC(CC(=O)OC(O)C(C)(C)C)CC(C)(C)C. The lowest BCUT2D eigenvalue weighted by atomic mass is 9.84. The van der Waals surface area contributed by atoms with Gasteiger partial charge in [-0.05, 0) is 17.8 Å². The third-order valence-corrected chi connectivity index (χ3v) is 2.46. The van der Waals surface area contributed by atoms with Crippen LogP contribution in [0.1, 0.15) is 61.3 Å². The molecule has 0 aromatic rings. The summed E-state index contributed by atoms with van der Waals surface area (Å²) >= 11 is 0. The molecule has 0 rings (SSSR count). The van der Waals surface area contributed by atoms with Crippen LogP contribution in [0.25, 0.3) is 0 Å². The highest BCUT2D eigenvalue weighted by molar-refractivity contribution is 5.69. The van der Waals surface area contributed by atoms with Crippen molar-refractivity contribution in [2.45, 2.75) is 67.6 Å². The zero-order chi connectivity index (χ0) is 13.9. The number of esters is 1. The van der Waals surface area contributed by atoms with Gasteiger partial charge in [0.05, 0.1) is 0 Å². The van der Waals surface area contributed by atoms with Crippen LogP contribution in [0.5, 0.6) is 0 Å². The van der Waals surface area contributed by atoms with Gasteiger partial charge in [0, 0.05) is 11.8 Å².